The molecule has 31 heavy (non-hydrogen) atoms. The number of anilines is 1. The molecule has 1 saturated heterocycles. The minimum Gasteiger partial charge on any atom is -0.427 e. The lowest BCUT2D eigenvalue weighted by Crippen LogP contribution is -2.40. The average Bonchev–Trinajstić information content (AvgIpc) is 3.12. The van der Waals surface area contributed by atoms with Crippen LogP contribution in [0.5, 0.6) is 5.75 Å². The molecule has 1 aliphatic heterocycles. The third-order valence-corrected chi connectivity index (χ3v) is 5.80. The van der Waals surface area contributed by atoms with Crippen LogP contribution in [0.3, 0.4) is 0 Å². The highest BCUT2D eigenvalue weighted by Gasteiger charge is 2.27. The molecule has 0 aromatic heterocycles. The first kappa shape index (κ1) is 24.0. The number of thiocarbonyl (C=S) groups is 1. The van der Waals surface area contributed by atoms with Crippen LogP contribution in [0.15, 0.2) is 48.5 Å². The van der Waals surface area contributed by atoms with Crippen LogP contribution >= 0.6 is 20.8 Å². The molecule has 168 valence electrons. The summed E-state index contributed by atoms with van der Waals surface area (Å²) in [6.45, 7) is 3.60. The van der Waals surface area contributed by atoms with E-state index in [4.69, 9.17) is 31.3 Å². The van der Waals surface area contributed by atoms with Gasteiger partial charge in [-0.3, -0.25) is 5.01 Å². The Bertz CT molecular complexity index is 852. The predicted molar refractivity (Wildman–Crippen MR) is 125 cm³/mol. The Balaban J connectivity index is 1.58. The summed E-state index contributed by atoms with van der Waals surface area (Å²) in [4.78, 5) is 18.8. The molecule has 9 heteroatoms. The van der Waals surface area contributed by atoms with Gasteiger partial charge in [-0.1, -0.05) is 56.2 Å². The number of ether oxygens (including phenoxy) is 1. The molecule has 0 amide bonds. The van der Waals surface area contributed by atoms with Crippen molar-refractivity contribution in [3.63, 3.8) is 0 Å². The van der Waals surface area contributed by atoms with Crippen LogP contribution in [-0.2, 0) is 11.3 Å². The molecular weight excluding hydrogens is 435 g/mol. The first-order chi connectivity index (χ1) is 15.0. The number of unbranched alkanes of at least 4 members (excludes halogenated alkanes) is 1. The van der Waals surface area contributed by atoms with Gasteiger partial charge in [0.25, 0.3) is 0 Å². The summed E-state index contributed by atoms with van der Waals surface area (Å²) < 4.78 is 10.8. The maximum atomic E-state index is 10.3. The van der Waals surface area contributed by atoms with E-state index in [1.54, 1.807) is 18.2 Å². The highest BCUT2D eigenvalue weighted by Crippen LogP contribution is 2.30. The van der Waals surface area contributed by atoms with Crippen molar-refractivity contribution < 1.29 is 24.2 Å². The largest absolute Gasteiger partial charge is 0.427 e. The van der Waals surface area contributed by atoms with E-state index in [9.17, 15) is 5.11 Å². The molecule has 3 N–H and O–H groups in total. The molecule has 2 aromatic carbocycles. The van der Waals surface area contributed by atoms with E-state index in [1.165, 1.54) is 0 Å². The van der Waals surface area contributed by atoms with Crippen LogP contribution in [0.1, 0.15) is 49.8 Å². The van der Waals surface area contributed by atoms with Crippen LogP contribution in [0, 0.1) is 0 Å². The monoisotopic (exact) mass is 464 g/mol. The van der Waals surface area contributed by atoms with Gasteiger partial charge < -0.3 is 24.2 Å². The van der Waals surface area contributed by atoms with E-state index >= 15 is 0 Å². The van der Waals surface area contributed by atoms with Gasteiger partial charge >= 0.3 is 8.60 Å². The summed E-state index contributed by atoms with van der Waals surface area (Å²) in [5, 5.41) is 14.3. The number of nitrogens with zero attached hydrogens (tertiary/aromatic N) is 2. The van der Waals surface area contributed by atoms with Gasteiger partial charge in [0.05, 0.1) is 23.4 Å². The smallest absolute Gasteiger partial charge is 0.391 e. The van der Waals surface area contributed by atoms with Gasteiger partial charge in [-0.2, -0.15) is 5.01 Å². The van der Waals surface area contributed by atoms with Crippen LogP contribution in [-0.4, -0.2) is 38.2 Å². The lowest BCUT2D eigenvalue weighted by Gasteiger charge is -2.29. The van der Waals surface area contributed by atoms with E-state index in [0.29, 0.717) is 19.1 Å². The van der Waals surface area contributed by atoms with Gasteiger partial charge in [-0.05, 0) is 41.8 Å². The molecule has 0 spiro atoms. The van der Waals surface area contributed by atoms with Gasteiger partial charge in [0.1, 0.15) is 12.5 Å². The molecule has 0 bridgehead atoms. The maximum Gasteiger partial charge on any atom is 0.391 e. The van der Waals surface area contributed by atoms with Crippen molar-refractivity contribution in [1.82, 2.24) is 5.01 Å². The molecule has 1 heterocycles. The van der Waals surface area contributed by atoms with Gasteiger partial charge in [-0.25, -0.2) is 0 Å². The van der Waals surface area contributed by atoms with Crippen molar-refractivity contribution in [2.24, 2.45) is 0 Å². The lowest BCUT2D eigenvalue weighted by molar-refractivity contribution is 0.0276. The highest BCUT2D eigenvalue weighted by molar-refractivity contribution is 7.80. The molecule has 0 saturated carbocycles. The first-order valence-electron chi connectivity index (χ1n) is 10.4. The highest BCUT2D eigenvalue weighted by atomic mass is 32.1. The number of aliphatic hydroxyl groups excluding tert-OH is 1. The van der Waals surface area contributed by atoms with Crippen molar-refractivity contribution in [1.29, 1.82) is 0 Å². The van der Waals surface area contributed by atoms with Crippen molar-refractivity contribution in [3.05, 3.63) is 59.7 Å². The number of hydrogen-bond donors (Lipinski definition) is 3. The van der Waals surface area contributed by atoms with Gasteiger partial charge in [0.2, 0.25) is 0 Å². The van der Waals surface area contributed by atoms with E-state index in [-0.39, 0.29) is 0 Å². The van der Waals surface area contributed by atoms with E-state index in [0.717, 1.165) is 54.0 Å². The Morgan fingerprint density at radius 3 is 2.65 bits per heavy atom. The minimum atomic E-state index is -2.44. The molecule has 2 aromatic rings. The second kappa shape index (κ2) is 11.8. The summed E-state index contributed by atoms with van der Waals surface area (Å²) >= 11 is 5.56. The zero-order chi connectivity index (χ0) is 22.2. The fourth-order valence-corrected chi connectivity index (χ4v) is 4.09. The number of aliphatic hydroxyl groups is 1. The Hall–Kier alpha value is -1.64. The molecule has 1 fully saturated rings. The number of benzene rings is 2. The fraction of sp³-hybridized carbons (Fsp3) is 0.409. The fourth-order valence-electron chi connectivity index (χ4n) is 3.47. The summed E-state index contributed by atoms with van der Waals surface area (Å²) in [6, 6.07) is 14.9. The Morgan fingerprint density at radius 2 is 1.94 bits per heavy atom. The van der Waals surface area contributed by atoms with E-state index < -0.39 is 14.7 Å². The Kier molecular flexibility index (Phi) is 9.16. The zero-order valence-electron chi connectivity index (χ0n) is 17.6. The van der Waals surface area contributed by atoms with Crippen LogP contribution in [0.25, 0.3) is 0 Å². The minimum absolute atomic E-state index is 0.353. The summed E-state index contributed by atoms with van der Waals surface area (Å²) in [7, 11) is -2.44. The quantitative estimate of drug-likeness (QED) is 0.333. The molecule has 1 unspecified atom stereocenters. The summed E-state index contributed by atoms with van der Waals surface area (Å²) in [5.41, 5.74) is 2.74. The number of hydrazine groups is 1. The molecule has 1 aliphatic rings. The molecule has 7 nitrogen and oxygen atoms in total. The van der Waals surface area contributed by atoms with Gasteiger partial charge in [0.15, 0.2) is 0 Å². The Labute approximate surface area is 189 Å². The van der Waals surface area contributed by atoms with Crippen molar-refractivity contribution >= 4 is 31.5 Å². The lowest BCUT2D eigenvalue weighted by atomic mass is 10.0. The SMILES string of the molecule is CCCCC(O)c1ccc(N2C(=S)CCN2COCc2cccc(OP(O)O)c2)cc1. The second-order valence-electron chi connectivity index (χ2n) is 7.40. The Morgan fingerprint density at radius 1 is 1.16 bits per heavy atom. The maximum absolute atomic E-state index is 10.3. The molecule has 3 rings (SSSR count). The molecule has 0 radical (unpaired) electrons. The van der Waals surface area contributed by atoms with Crippen molar-refractivity contribution in [2.45, 2.75) is 45.3 Å². The predicted octanol–water partition coefficient (Wildman–Crippen LogP) is 4.43. The summed E-state index contributed by atoms with van der Waals surface area (Å²) in [6.07, 6.45) is 3.17. The summed E-state index contributed by atoms with van der Waals surface area (Å²) in [5.74, 6) is 0.391. The zero-order valence-corrected chi connectivity index (χ0v) is 19.3. The van der Waals surface area contributed by atoms with Crippen LogP contribution < -0.4 is 9.53 Å². The third-order valence-electron chi connectivity index (χ3n) is 5.05. The van der Waals surface area contributed by atoms with Gasteiger partial charge in [-0.15, -0.1) is 0 Å². The topological polar surface area (TPSA) is 85.6 Å². The van der Waals surface area contributed by atoms with E-state index in [1.807, 2.05) is 40.3 Å². The second-order valence-corrected chi connectivity index (χ2v) is 8.56. The van der Waals surface area contributed by atoms with Gasteiger partial charge in [0, 0.05) is 13.0 Å². The van der Waals surface area contributed by atoms with Crippen LogP contribution in [0.4, 0.5) is 5.69 Å². The normalized spacial score (nSPS) is 15.6. The molecular formula is C22H29N2O5PS. The standard InChI is InChI=1S/C22H29N2O5PS/c1-2-3-7-21(25)18-8-10-19(11-9-18)24-22(31)12-13-23(24)16-28-15-17-5-4-6-20(14-17)29-30(26)27/h4-6,8-11,14,21,25-27H,2-3,7,12-13,15-16H2,1H3. The number of rotatable bonds is 11. The number of hydrogen-bond acceptors (Lipinski definition) is 7. The van der Waals surface area contributed by atoms with Crippen LogP contribution in [0.2, 0.25) is 0 Å². The first-order valence-corrected chi connectivity index (χ1v) is 11.9. The van der Waals surface area contributed by atoms with E-state index in [2.05, 4.69) is 6.92 Å². The molecule has 0 aliphatic carbocycles. The van der Waals surface area contributed by atoms with Crippen molar-refractivity contribution in [2.75, 3.05) is 18.3 Å². The average molecular weight is 465 g/mol. The molecule has 1 atom stereocenters. The third kappa shape index (κ3) is 6.92. The van der Waals surface area contributed by atoms with Crippen molar-refractivity contribution in [3.8, 4) is 5.75 Å².